The summed E-state index contributed by atoms with van der Waals surface area (Å²) in [6, 6.07) is 7.83. The van der Waals surface area contributed by atoms with Crippen molar-refractivity contribution in [2.24, 2.45) is 11.7 Å². The molecule has 1 unspecified atom stereocenters. The lowest BCUT2D eigenvalue weighted by Crippen LogP contribution is -2.28. The monoisotopic (exact) mass is 261 g/mol. The first-order valence-corrected chi connectivity index (χ1v) is 6.30. The summed E-state index contributed by atoms with van der Waals surface area (Å²) in [6.07, 6.45) is 0.216. The average molecular weight is 261 g/mol. The van der Waals surface area contributed by atoms with Crippen molar-refractivity contribution in [3.8, 4) is 0 Å². The van der Waals surface area contributed by atoms with Crippen molar-refractivity contribution in [2.45, 2.75) is 13.0 Å². The first kappa shape index (κ1) is 13.5. The molecular formula is C14H19N3O2. The number of carbonyl (C=O) groups is 2. The minimum absolute atomic E-state index is 0.0363. The number of nitrogens with zero attached hydrogens (tertiary/aromatic N) is 2. The molecule has 0 spiro atoms. The SMILES string of the molecule is CN(C)Cc1cccc(N2CC(C(N)=O)CC2=O)c1. The van der Waals surface area contributed by atoms with E-state index in [0.717, 1.165) is 17.8 Å². The van der Waals surface area contributed by atoms with Gasteiger partial charge in [0.15, 0.2) is 0 Å². The number of anilines is 1. The number of hydrogen-bond acceptors (Lipinski definition) is 3. The zero-order chi connectivity index (χ0) is 14.0. The summed E-state index contributed by atoms with van der Waals surface area (Å²) < 4.78 is 0. The van der Waals surface area contributed by atoms with E-state index in [1.165, 1.54) is 0 Å². The third-order valence-corrected chi connectivity index (χ3v) is 3.25. The van der Waals surface area contributed by atoms with Gasteiger partial charge in [-0.05, 0) is 31.8 Å². The van der Waals surface area contributed by atoms with Crippen LogP contribution in [0.15, 0.2) is 24.3 Å². The molecule has 19 heavy (non-hydrogen) atoms. The second-order valence-electron chi connectivity index (χ2n) is 5.22. The minimum atomic E-state index is -0.403. The third kappa shape index (κ3) is 3.12. The molecule has 2 N–H and O–H groups in total. The fourth-order valence-electron chi connectivity index (χ4n) is 2.34. The van der Waals surface area contributed by atoms with Crippen molar-refractivity contribution in [3.63, 3.8) is 0 Å². The zero-order valence-electron chi connectivity index (χ0n) is 11.3. The lowest BCUT2D eigenvalue weighted by molar-refractivity contribution is -0.123. The minimum Gasteiger partial charge on any atom is -0.369 e. The van der Waals surface area contributed by atoms with Gasteiger partial charge in [-0.1, -0.05) is 12.1 Å². The van der Waals surface area contributed by atoms with Gasteiger partial charge < -0.3 is 15.5 Å². The molecule has 1 aliphatic heterocycles. The molecule has 0 saturated carbocycles. The molecule has 0 aromatic heterocycles. The van der Waals surface area contributed by atoms with Gasteiger partial charge in [-0.2, -0.15) is 0 Å². The molecular weight excluding hydrogens is 242 g/mol. The van der Waals surface area contributed by atoms with Crippen LogP contribution in [0.2, 0.25) is 0 Å². The quantitative estimate of drug-likeness (QED) is 0.862. The van der Waals surface area contributed by atoms with Gasteiger partial charge in [-0.25, -0.2) is 0 Å². The Labute approximate surface area is 113 Å². The molecule has 2 rings (SSSR count). The van der Waals surface area contributed by atoms with Crippen LogP contribution < -0.4 is 10.6 Å². The van der Waals surface area contributed by atoms with E-state index in [1.807, 2.05) is 38.4 Å². The summed E-state index contributed by atoms with van der Waals surface area (Å²) in [4.78, 5) is 26.8. The molecule has 1 aromatic rings. The van der Waals surface area contributed by atoms with Crippen molar-refractivity contribution in [1.82, 2.24) is 4.90 Å². The van der Waals surface area contributed by atoms with E-state index in [-0.39, 0.29) is 18.2 Å². The van der Waals surface area contributed by atoms with Crippen LogP contribution in [0.1, 0.15) is 12.0 Å². The number of carbonyl (C=O) groups excluding carboxylic acids is 2. The summed E-state index contributed by atoms with van der Waals surface area (Å²) in [5.41, 5.74) is 7.25. The molecule has 1 fully saturated rings. The van der Waals surface area contributed by atoms with E-state index in [1.54, 1.807) is 4.90 Å². The van der Waals surface area contributed by atoms with E-state index >= 15 is 0 Å². The molecule has 1 saturated heterocycles. The fourth-order valence-corrected chi connectivity index (χ4v) is 2.34. The third-order valence-electron chi connectivity index (χ3n) is 3.25. The first-order valence-electron chi connectivity index (χ1n) is 6.30. The second kappa shape index (κ2) is 5.40. The number of hydrogen-bond donors (Lipinski definition) is 1. The van der Waals surface area contributed by atoms with Gasteiger partial charge in [0, 0.05) is 25.2 Å². The Balaban J connectivity index is 2.18. The van der Waals surface area contributed by atoms with Gasteiger partial charge in [-0.15, -0.1) is 0 Å². The van der Waals surface area contributed by atoms with Crippen molar-refractivity contribution in [3.05, 3.63) is 29.8 Å². The van der Waals surface area contributed by atoms with E-state index in [4.69, 9.17) is 5.73 Å². The van der Waals surface area contributed by atoms with Gasteiger partial charge in [0.1, 0.15) is 0 Å². The zero-order valence-corrected chi connectivity index (χ0v) is 11.3. The van der Waals surface area contributed by atoms with Crippen molar-refractivity contribution in [2.75, 3.05) is 25.5 Å². The molecule has 1 atom stereocenters. The highest BCUT2D eigenvalue weighted by atomic mass is 16.2. The number of rotatable bonds is 4. The lowest BCUT2D eigenvalue weighted by atomic mass is 10.1. The molecule has 5 nitrogen and oxygen atoms in total. The molecule has 1 aliphatic rings. The number of nitrogens with two attached hydrogens (primary N) is 1. The Morgan fingerprint density at radius 1 is 1.47 bits per heavy atom. The largest absolute Gasteiger partial charge is 0.369 e. The van der Waals surface area contributed by atoms with Crippen LogP contribution in [-0.2, 0) is 16.1 Å². The predicted molar refractivity (Wildman–Crippen MR) is 73.5 cm³/mol. The standard InChI is InChI=1S/C14H19N3O2/c1-16(2)8-10-4-3-5-12(6-10)17-9-11(14(15)19)7-13(17)18/h3-6,11H,7-9H2,1-2H3,(H2,15,19). The van der Waals surface area contributed by atoms with E-state index in [0.29, 0.717) is 6.54 Å². The molecule has 0 bridgehead atoms. The fraction of sp³-hybridized carbons (Fsp3) is 0.429. The van der Waals surface area contributed by atoms with Gasteiger partial charge in [-0.3, -0.25) is 9.59 Å². The molecule has 1 aromatic carbocycles. The van der Waals surface area contributed by atoms with Crippen LogP contribution in [0.4, 0.5) is 5.69 Å². The summed E-state index contributed by atoms with van der Waals surface area (Å²) >= 11 is 0. The maximum atomic E-state index is 11.9. The Kier molecular flexibility index (Phi) is 3.85. The summed E-state index contributed by atoms with van der Waals surface area (Å²) in [5.74, 6) is -0.809. The van der Waals surface area contributed by atoms with Crippen molar-refractivity contribution >= 4 is 17.5 Å². The van der Waals surface area contributed by atoms with Gasteiger partial charge in [0.25, 0.3) is 0 Å². The maximum Gasteiger partial charge on any atom is 0.227 e. The molecule has 1 heterocycles. The van der Waals surface area contributed by atoms with Crippen LogP contribution in [0.3, 0.4) is 0 Å². The Morgan fingerprint density at radius 3 is 2.79 bits per heavy atom. The van der Waals surface area contributed by atoms with Crippen LogP contribution >= 0.6 is 0 Å². The lowest BCUT2D eigenvalue weighted by Gasteiger charge is -2.18. The molecule has 5 heteroatoms. The van der Waals surface area contributed by atoms with Crippen LogP contribution in [0.25, 0.3) is 0 Å². The van der Waals surface area contributed by atoms with E-state index < -0.39 is 5.91 Å². The van der Waals surface area contributed by atoms with Crippen LogP contribution in [-0.4, -0.2) is 37.4 Å². The average Bonchev–Trinajstić information content (AvgIpc) is 2.71. The first-order chi connectivity index (χ1) is 8.97. The highest BCUT2D eigenvalue weighted by Crippen LogP contribution is 2.25. The Morgan fingerprint density at radius 2 is 2.21 bits per heavy atom. The Bertz CT molecular complexity index is 499. The van der Waals surface area contributed by atoms with E-state index in [2.05, 4.69) is 4.90 Å². The number of benzene rings is 1. The van der Waals surface area contributed by atoms with Crippen LogP contribution in [0.5, 0.6) is 0 Å². The molecule has 102 valence electrons. The number of primary amides is 1. The topological polar surface area (TPSA) is 66.6 Å². The molecule has 0 aliphatic carbocycles. The van der Waals surface area contributed by atoms with E-state index in [9.17, 15) is 9.59 Å². The van der Waals surface area contributed by atoms with Crippen molar-refractivity contribution in [1.29, 1.82) is 0 Å². The van der Waals surface area contributed by atoms with Gasteiger partial charge in [0.2, 0.25) is 11.8 Å². The number of amides is 2. The highest BCUT2D eigenvalue weighted by Gasteiger charge is 2.33. The summed E-state index contributed by atoms with van der Waals surface area (Å²) in [5, 5.41) is 0. The predicted octanol–water partition coefficient (Wildman–Crippen LogP) is 0.586. The smallest absolute Gasteiger partial charge is 0.227 e. The molecule has 0 radical (unpaired) electrons. The normalized spacial score (nSPS) is 19.2. The van der Waals surface area contributed by atoms with Crippen molar-refractivity contribution < 1.29 is 9.59 Å². The summed E-state index contributed by atoms with van der Waals surface area (Å²) in [7, 11) is 3.99. The highest BCUT2D eigenvalue weighted by molar-refractivity contribution is 6.00. The van der Waals surface area contributed by atoms with Gasteiger partial charge >= 0.3 is 0 Å². The second-order valence-corrected chi connectivity index (χ2v) is 5.22. The van der Waals surface area contributed by atoms with Crippen LogP contribution in [0, 0.1) is 5.92 Å². The van der Waals surface area contributed by atoms with Gasteiger partial charge in [0.05, 0.1) is 5.92 Å². The maximum absolute atomic E-state index is 11.9. The molecule has 2 amide bonds. The summed E-state index contributed by atoms with van der Waals surface area (Å²) in [6.45, 7) is 1.20. The Hall–Kier alpha value is -1.88.